The van der Waals surface area contributed by atoms with Crippen LogP contribution in [0.2, 0.25) is 0 Å². The van der Waals surface area contributed by atoms with Crippen molar-refractivity contribution in [2.24, 2.45) is 11.1 Å². The number of carbonyl (C=O) groups excluding carboxylic acids is 1. The van der Waals surface area contributed by atoms with Gasteiger partial charge in [0.1, 0.15) is 21.9 Å². The number of nitrogens with two attached hydrogens (primary N) is 1. The number of carboxylic acids is 1. The molecular formula is C12H14N4O3S2. The highest BCUT2D eigenvalue weighted by Crippen LogP contribution is 2.43. The smallest absolute Gasteiger partial charge is 0.313 e. The molecule has 3 rings (SSSR count). The van der Waals surface area contributed by atoms with Gasteiger partial charge in [0, 0.05) is 30.4 Å². The molecule has 112 valence electrons. The largest absolute Gasteiger partial charge is 0.481 e. The lowest BCUT2D eigenvalue weighted by Crippen LogP contribution is -2.72. The summed E-state index contributed by atoms with van der Waals surface area (Å²) < 4.78 is 0. The Labute approximate surface area is 129 Å². The zero-order valence-electron chi connectivity index (χ0n) is 11.0. The van der Waals surface area contributed by atoms with Crippen molar-refractivity contribution in [3.05, 3.63) is 18.6 Å². The summed E-state index contributed by atoms with van der Waals surface area (Å²) in [6.45, 7) is 0.208. The van der Waals surface area contributed by atoms with Gasteiger partial charge in [0.25, 0.3) is 0 Å². The zero-order chi connectivity index (χ0) is 15.0. The summed E-state index contributed by atoms with van der Waals surface area (Å²) in [6.07, 6.45) is 4.74. The van der Waals surface area contributed by atoms with E-state index in [9.17, 15) is 14.7 Å². The first kappa shape index (κ1) is 14.6. The second-order valence-corrected chi connectivity index (χ2v) is 7.21. The van der Waals surface area contributed by atoms with Gasteiger partial charge in [-0.1, -0.05) is 0 Å². The minimum Gasteiger partial charge on any atom is -0.481 e. The lowest BCUT2D eigenvalue weighted by atomic mass is 9.89. The van der Waals surface area contributed by atoms with Crippen LogP contribution in [0.15, 0.2) is 23.6 Å². The molecule has 3 atom stereocenters. The molecule has 0 radical (unpaired) electrons. The van der Waals surface area contributed by atoms with Gasteiger partial charge in [-0.2, -0.15) is 0 Å². The standard InChI is InChI=1S/C12H14N4O3S2/c13-8-9(17)16-4-12(11(18)19,6-21-10(8)16)5-20-7-3-14-1-2-15-7/h1-3,8,10H,4-6,13H2,(H,18,19)/t8?,10-,12?/m1/s1. The van der Waals surface area contributed by atoms with Crippen molar-refractivity contribution in [3.8, 4) is 0 Å². The van der Waals surface area contributed by atoms with Crippen LogP contribution in [0, 0.1) is 5.41 Å². The van der Waals surface area contributed by atoms with Gasteiger partial charge in [-0.3, -0.25) is 14.6 Å². The van der Waals surface area contributed by atoms with E-state index in [4.69, 9.17) is 5.73 Å². The fourth-order valence-electron chi connectivity index (χ4n) is 2.38. The fraction of sp³-hybridized carbons (Fsp3) is 0.500. The van der Waals surface area contributed by atoms with E-state index in [1.807, 2.05) is 0 Å². The minimum atomic E-state index is -0.973. The molecule has 21 heavy (non-hydrogen) atoms. The van der Waals surface area contributed by atoms with E-state index >= 15 is 0 Å². The first-order valence-electron chi connectivity index (χ1n) is 6.33. The van der Waals surface area contributed by atoms with Gasteiger partial charge in [0.05, 0.1) is 6.20 Å². The SMILES string of the molecule is NC1C(=O)N2CC(CSc3cnccn3)(C(=O)O)CS[C@H]12. The Bertz CT molecular complexity index is 573. The molecule has 1 amide bonds. The van der Waals surface area contributed by atoms with Crippen LogP contribution in [0.5, 0.6) is 0 Å². The van der Waals surface area contributed by atoms with E-state index in [1.54, 1.807) is 23.5 Å². The van der Waals surface area contributed by atoms with Crippen molar-refractivity contribution in [2.75, 3.05) is 18.1 Å². The number of carbonyl (C=O) groups is 2. The van der Waals surface area contributed by atoms with E-state index in [0.29, 0.717) is 16.5 Å². The summed E-state index contributed by atoms with van der Waals surface area (Å²) in [6, 6.07) is -0.491. The number of β-lactam (4-membered cyclic amide) rings is 1. The normalized spacial score (nSPS) is 31.5. The number of carboxylic acid groups (broad SMARTS) is 1. The molecule has 0 saturated carbocycles. The van der Waals surface area contributed by atoms with Gasteiger partial charge in [-0.25, -0.2) is 4.98 Å². The Hall–Kier alpha value is -1.32. The van der Waals surface area contributed by atoms with Gasteiger partial charge < -0.3 is 15.7 Å². The van der Waals surface area contributed by atoms with Gasteiger partial charge in [0.15, 0.2) is 0 Å². The number of hydrogen-bond acceptors (Lipinski definition) is 7. The number of thioether (sulfide) groups is 2. The number of aliphatic carboxylic acids is 1. The molecule has 0 aromatic carbocycles. The number of aromatic nitrogens is 2. The quantitative estimate of drug-likeness (QED) is 0.582. The lowest BCUT2D eigenvalue weighted by molar-refractivity contribution is -0.155. The maximum absolute atomic E-state index is 11.7. The molecule has 2 aliphatic rings. The Balaban J connectivity index is 1.72. The Morgan fingerprint density at radius 1 is 1.62 bits per heavy atom. The summed E-state index contributed by atoms with van der Waals surface area (Å²) in [4.78, 5) is 33.1. The van der Waals surface area contributed by atoms with E-state index in [2.05, 4.69) is 9.97 Å². The molecule has 1 aromatic rings. The van der Waals surface area contributed by atoms with Gasteiger partial charge in [0.2, 0.25) is 5.91 Å². The van der Waals surface area contributed by atoms with Crippen molar-refractivity contribution >= 4 is 35.4 Å². The van der Waals surface area contributed by atoms with Crippen LogP contribution in [-0.4, -0.2) is 61.3 Å². The second kappa shape index (κ2) is 5.47. The van der Waals surface area contributed by atoms with Crippen molar-refractivity contribution in [1.82, 2.24) is 14.9 Å². The number of hydrogen-bond donors (Lipinski definition) is 2. The summed E-state index contributed by atoms with van der Waals surface area (Å²) in [5.74, 6) is -0.266. The number of amides is 1. The van der Waals surface area contributed by atoms with Gasteiger partial charge >= 0.3 is 5.97 Å². The predicted octanol–water partition coefficient (Wildman–Crippen LogP) is -0.118. The van der Waals surface area contributed by atoms with Crippen molar-refractivity contribution in [1.29, 1.82) is 0 Å². The molecule has 0 bridgehead atoms. The van der Waals surface area contributed by atoms with Crippen LogP contribution in [0.4, 0.5) is 0 Å². The summed E-state index contributed by atoms with van der Waals surface area (Å²) in [7, 11) is 0. The van der Waals surface area contributed by atoms with Crippen LogP contribution in [0.3, 0.4) is 0 Å². The number of rotatable bonds is 4. The Kier molecular flexibility index (Phi) is 3.80. The Morgan fingerprint density at radius 3 is 3.10 bits per heavy atom. The van der Waals surface area contributed by atoms with Gasteiger partial charge in [-0.15, -0.1) is 23.5 Å². The molecule has 0 spiro atoms. The number of fused-ring (bicyclic) bond motifs is 1. The summed E-state index contributed by atoms with van der Waals surface area (Å²) >= 11 is 2.79. The molecule has 2 aliphatic heterocycles. The van der Waals surface area contributed by atoms with E-state index in [-0.39, 0.29) is 17.8 Å². The van der Waals surface area contributed by atoms with Crippen LogP contribution in [0.1, 0.15) is 0 Å². The Morgan fingerprint density at radius 2 is 2.43 bits per heavy atom. The predicted molar refractivity (Wildman–Crippen MR) is 78.8 cm³/mol. The van der Waals surface area contributed by atoms with Gasteiger partial charge in [-0.05, 0) is 0 Å². The van der Waals surface area contributed by atoms with Crippen molar-refractivity contribution < 1.29 is 14.7 Å². The molecule has 0 aliphatic carbocycles. The van der Waals surface area contributed by atoms with Crippen LogP contribution >= 0.6 is 23.5 Å². The van der Waals surface area contributed by atoms with E-state index in [1.165, 1.54) is 23.5 Å². The third-order valence-electron chi connectivity index (χ3n) is 3.68. The minimum absolute atomic E-state index is 0.0773. The van der Waals surface area contributed by atoms with Crippen LogP contribution < -0.4 is 5.73 Å². The molecular weight excluding hydrogens is 312 g/mol. The monoisotopic (exact) mass is 326 g/mol. The average Bonchev–Trinajstić information content (AvgIpc) is 2.52. The van der Waals surface area contributed by atoms with Crippen LogP contribution in [0.25, 0.3) is 0 Å². The van der Waals surface area contributed by atoms with Crippen molar-refractivity contribution in [3.63, 3.8) is 0 Å². The van der Waals surface area contributed by atoms with E-state index in [0.717, 1.165) is 0 Å². The second-order valence-electron chi connectivity index (χ2n) is 5.11. The first-order valence-corrected chi connectivity index (χ1v) is 8.37. The highest BCUT2D eigenvalue weighted by molar-refractivity contribution is 8.00. The molecule has 2 saturated heterocycles. The maximum atomic E-state index is 11.7. The molecule has 9 heteroatoms. The molecule has 3 heterocycles. The zero-order valence-corrected chi connectivity index (χ0v) is 12.6. The fourth-order valence-corrected chi connectivity index (χ4v) is 5.01. The third kappa shape index (κ3) is 2.49. The topological polar surface area (TPSA) is 109 Å². The maximum Gasteiger partial charge on any atom is 0.313 e. The lowest BCUT2D eigenvalue weighted by Gasteiger charge is -2.52. The van der Waals surface area contributed by atoms with Crippen molar-refractivity contribution in [2.45, 2.75) is 16.4 Å². The number of nitrogens with zero attached hydrogens (tertiary/aromatic N) is 3. The third-order valence-corrected chi connectivity index (χ3v) is 6.49. The summed E-state index contributed by atoms with van der Waals surface area (Å²) in [5, 5.41) is 10.2. The molecule has 2 unspecified atom stereocenters. The highest BCUT2D eigenvalue weighted by Gasteiger charge is 2.55. The van der Waals surface area contributed by atoms with Crippen LogP contribution in [-0.2, 0) is 9.59 Å². The first-order chi connectivity index (χ1) is 10.0. The molecule has 2 fully saturated rings. The summed E-state index contributed by atoms with van der Waals surface area (Å²) in [5.41, 5.74) is 4.75. The molecule has 3 N–H and O–H groups in total. The molecule has 7 nitrogen and oxygen atoms in total. The highest BCUT2D eigenvalue weighted by atomic mass is 32.2. The van der Waals surface area contributed by atoms with E-state index < -0.39 is 17.4 Å². The average molecular weight is 326 g/mol. The molecule has 1 aromatic heterocycles.